The number of nitrogens with zero attached hydrogens (tertiary/aromatic N) is 3. The van der Waals surface area contributed by atoms with Crippen molar-refractivity contribution in [3.8, 4) is 0 Å². The van der Waals surface area contributed by atoms with Crippen LogP contribution < -0.4 is 0 Å². The van der Waals surface area contributed by atoms with E-state index in [0.29, 0.717) is 5.92 Å². The minimum absolute atomic E-state index is 0.568. The largest absolute Gasteiger partial charge is 0.358 e. The van der Waals surface area contributed by atoms with Crippen molar-refractivity contribution in [2.75, 3.05) is 53.4 Å². The van der Waals surface area contributed by atoms with Gasteiger partial charge in [0.25, 0.3) is 0 Å². The van der Waals surface area contributed by atoms with Crippen LogP contribution in [0.2, 0.25) is 0 Å². The fourth-order valence-corrected chi connectivity index (χ4v) is 3.01. The van der Waals surface area contributed by atoms with Gasteiger partial charge in [0, 0.05) is 45.2 Å². The molecule has 2 fully saturated rings. The van der Waals surface area contributed by atoms with Crippen LogP contribution >= 0.6 is 0 Å². The standard InChI is InChI=1S/C14H28N4/c1-16(2)7-8-17-9-11-18(12-10-17)14(15)13-5-3-4-6-13/h13,15H,3-12H2,1-2H3. The van der Waals surface area contributed by atoms with E-state index in [0.717, 1.165) is 45.1 Å². The van der Waals surface area contributed by atoms with Gasteiger partial charge in [-0.05, 0) is 26.9 Å². The minimum atomic E-state index is 0.568. The summed E-state index contributed by atoms with van der Waals surface area (Å²) in [5.74, 6) is 1.50. The van der Waals surface area contributed by atoms with Gasteiger partial charge in [-0.25, -0.2) is 0 Å². The van der Waals surface area contributed by atoms with Gasteiger partial charge in [-0.2, -0.15) is 0 Å². The maximum atomic E-state index is 8.32. The first-order valence-electron chi connectivity index (χ1n) is 7.37. The van der Waals surface area contributed by atoms with Gasteiger partial charge in [0.2, 0.25) is 0 Å². The predicted octanol–water partition coefficient (Wildman–Crippen LogP) is 1.33. The lowest BCUT2D eigenvalue weighted by Gasteiger charge is -2.37. The van der Waals surface area contributed by atoms with Crippen molar-refractivity contribution in [1.82, 2.24) is 14.7 Å². The second-order valence-electron chi connectivity index (χ2n) is 6.00. The molecule has 18 heavy (non-hydrogen) atoms. The highest BCUT2D eigenvalue weighted by Gasteiger charge is 2.26. The third-order valence-corrected chi connectivity index (χ3v) is 4.32. The van der Waals surface area contributed by atoms with Gasteiger partial charge in [-0.15, -0.1) is 0 Å². The minimum Gasteiger partial charge on any atom is -0.358 e. The summed E-state index contributed by atoms with van der Waals surface area (Å²) in [5, 5.41) is 8.32. The van der Waals surface area contributed by atoms with Gasteiger partial charge in [-0.3, -0.25) is 10.3 Å². The molecule has 0 aromatic carbocycles. The SMILES string of the molecule is CN(C)CCN1CCN(C(=N)C2CCCC2)CC1. The molecule has 2 rings (SSSR count). The van der Waals surface area contributed by atoms with Crippen molar-refractivity contribution in [2.45, 2.75) is 25.7 Å². The molecule has 1 heterocycles. The Hall–Kier alpha value is -0.610. The molecule has 0 amide bonds. The number of amidine groups is 1. The smallest absolute Gasteiger partial charge is 0.0990 e. The molecular formula is C14H28N4. The number of rotatable bonds is 4. The highest BCUT2D eigenvalue weighted by Crippen LogP contribution is 2.27. The highest BCUT2D eigenvalue weighted by atomic mass is 15.3. The fourth-order valence-electron chi connectivity index (χ4n) is 3.01. The monoisotopic (exact) mass is 252 g/mol. The van der Waals surface area contributed by atoms with Crippen molar-refractivity contribution in [3.63, 3.8) is 0 Å². The summed E-state index contributed by atoms with van der Waals surface area (Å²) in [7, 11) is 4.26. The third-order valence-electron chi connectivity index (χ3n) is 4.32. The van der Waals surface area contributed by atoms with Gasteiger partial charge in [0.15, 0.2) is 0 Å². The molecule has 0 aromatic rings. The Morgan fingerprint density at radius 3 is 2.28 bits per heavy atom. The van der Waals surface area contributed by atoms with Crippen LogP contribution in [0.1, 0.15) is 25.7 Å². The number of nitrogens with one attached hydrogen (secondary N) is 1. The summed E-state index contributed by atoms with van der Waals surface area (Å²) < 4.78 is 0. The Labute approximate surface area is 111 Å². The highest BCUT2D eigenvalue weighted by molar-refractivity contribution is 5.82. The van der Waals surface area contributed by atoms with E-state index in [-0.39, 0.29) is 0 Å². The molecule has 1 aliphatic heterocycles. The molecule has 0 spiro atoms. The zero-order chi connectivity index (χ0) is 13.0. The molecule has 1 saturated heterocycles. The molecule has 0 unspecified atom stereocenters. The lowest BCUT2D eigenvalue weighted by atomic mass is 10.1. The summed E-state index contributed by atoms with van der Waals surface area (Å²) in [6.07, 6.45) is 5.16. The summed E-state index contributed by atoms with van der Waals surface area (Å²) >= 11 is 0. The number of piperazine rings is 1. The second-order valence-corrected chi connectivity index (χ2v) is 6.00. The van der Waals surface area contributed by atoms with E-state index in [2.05, 4.69) is 28.8 Å². The number of hydrogen-bond acceptors (Lipinski definition) is 3. The van der Waals surface area contributed by atoms with Crippen molar-refractivity contribution in [2.24, 2.45) is 5.92 Å². The van der Waals surface area contributed by atoms with Crippen molar-refractivity contribution in [3.05, 3.63) is 0 Å². The maximum absolute atomic E-state index is 8.32. The van der Waals surface area contributed by atoms with Crippen LogP contribution in [-0.4, -0.2) is 73.9 Å². The maximum Gasteiger partial charge on any atom is 0.0990 e. The van der Waals surface area contributed by atoms with Crippen molar-refractivity contribution >= 4 is 5.84 Å². The zero-order valence-electron chi connectivity index (χ0n) is 12.0. The molecule has 0 radical (unpaired) electrons. The van der Waals surface area contributed by atoms with Crippen LogP contribution in [0, 0.1) is 11.3 Å². The molecule has 104 valence electrons. The fraction of sp³-hybridized carbons (Fsp3) is 0.929. The molecule has 0 aromatic heterocycles. The molecule has 0 bridgehead atoms. The van der Waals surface area contributed by atoms with E-state index in [4.69, 9.17) is 5.41 Å². The summed E-state index contributed by atoms with van der Waals surface area (Å²) in [4.78, 5) is 7.09. The van der Waals surface area contributed by atoms with E-state index in [1.54, 1.807) is 0 Å². The summed E-state index contributed by atoms with van der Waals surface area (Å²) in [5.41, 5.74) is 0. The molecule has 2 aliphatic rings. The molecule has 4 heteroatoms. The average Bonchev–Trinajstić information content (AvgIpc) is 2.90. The molecule has 4 nitrogen and oxygen atoms in total. The predicted molar refractivity (Wildman–Crippen MR) is 76.3 cm³/mol. The normalized spacial score (nSPS) is 22.9. The Morgan fingerprint density at radius 2 is 1.72 bits per heavy atom. The van der Waals surface area contributed by atoms with Crippen molar-refractivity contribution in [1.29, 1.82) is 5.41 Å². The molecule has 1 aliphatic carbocycles. The van der Waals surface area contributed by atoms with Gasteiger partial charge >= 0.3 is 0 Å². The molecular weight excluding hydrogens is 224 g/mol. The Bertz CT molecular complexity index is 263. The first-order valence-corrected chi connectivity index (χ1v) is 7.37. The van der Waals surface area contributed by atoms with Crippen LogP contribution in [-0.2, 0) is 0 Å². The van der Waals surface area contributed by atoms with E-state index in [9.17, 15) is 0 Å². The number of hydrogen-bond donors (Lipinski definition) is 1. The van der Waals surface area contributed by atoms with Gasteiger partial charge in [0.1, 0.15) is 0 Å². The first kappa shape index (κ1) is 13.8. The Morgan fingerprint density at radius 1 is 1.11 bits per heavy atom. The summed E-state index contributed by atoms with van der Waals surface area (Å²) in [6, 6.07) is 0. The molecule has 0 atom stereocenters. The van der Waals surface area contributed by atoms with Crippen LogP contribution in [0.15, 0.2) is 0 Å². The summed E-state index contributed by atoms with van der Waals surface area (Å²) in [6.45, 7) is 6.68. The molecule has 1 N–H and O–H groups in total. The average molecular weight is 252 g/mol. The van der Waals surface area contributed by atoms with Crippen LogP contribution in [0.4, 0.5) is 0 Å². The first-order chi connectivity index (χ1) is 8.66. The van der Waals surface area contributed by atoms with E-state index in [1.807, 2.05) is 0 Å². The van der Waals surface area contributed by atoms with E-state index in [1.165, 1.54) is 25.7 Å². The van der Waals surface area contributed by atoms with Crippen LogP contribution in [0.25, 0.3) is 0 Å². The lowest BCUT2D eigenvalue weighted by molar-refractivity contribution is 0.165. The topological polar surface area (TPSA) is 33.6 Å². The van der Waals surface area contributed by atoms with E-state index >= 15 is 0 Å². The van der Waals surface area contributed by atoms with Gasteiger partial charge in [0.05, 0.1) is 5.84 Å². The Kier molecular flexibility index (Phi) is 5.01. The van der Waals surface area contributed by atoms with Crippen LogP contribution in [0.5, 0.6) is 0 Å². The second kappa shape index (κ2) is 6.53. The van der Waals surface area contributed by atoms with Gasteiger partial charge < -0.3 is 9.80 Å². The van der Waals surface area contributed by atoms with Gasteiger partial charge in [-0.1, -0.05) is 12.8 Å². The van der Waals surface area contributed by atoms with Crippen LogP contribution in [0.3, 0.4) is 0 Å². The Balaban J connectivity index is 1.70. The number of likely N-dealkylation sites (N-methyl/N-ethyl adjacent to an activating group) is 1. The lowest BCUT2D eigenvalue weighted by Crippen LogP contribution is -2.51. The van der Waals surface area contributed by atoms with Crippen molar-refractivity contribution < 1.29 is 0 Å². The zero-order valence-corrected chi connectivity index (χ0v) is 12.0. The third kappa shape index (κ3) is 3.69. The van der Waals surface area contributed by atoms with E-state index < -0.39 is 0 Å². The quantitative estimate of drug-likeness (QED) is 0.605. The molecule has 1 saturated carbocycles.